The molecule has 0 unspecified atom stereocenters. The largest absolute Gasteiger partial charge is 0.397 e. The first-order chi connectivity index (χ1) is 5.74. The Hall–Kier alpha value is -0.160. The van der Waals surface area contributed by atoms with Crippen LogP contribution in [0.3, 0.4) is 0 Å². The second-order valence-corrected chi connectivity index (χ2v) is 1.54. The smallest absolute Gasteiger partial charge is 0.0662 e. The van der Waals surface area contributed by atoms with Crippen LogP contribution >= 0.6 is 0 Å². The van der Waals surface area contributed by atoms with Crippen LogP contribution in [0.2, 0.25) is 0 Å². The zero-order valence-corrected chi connectivity index (χ0v) is 8.29. The van der Waals surface area contributed by atoms with E-state index in [2.05, 4.69) is 0 Å². The van der Waals surface area contributed by atoms with E-state index in [-0.39, 0.29) is 19.8 Å². The summed E-state index contributed by atoms with van der Waals surface area (Å²) in [5.41, 5.74) is 0. The number of ether oxygens (including phenoxy) is 1. The van der Waals surface area contributed by atoms with Crippen LogP contribution in [0.5, 0.6) is 0 Å². The lowest BCUT2D eigenvalue weighted by molar-refractivity contribution is 0.162. The van der Waals surface area contributed by atoms with Crippen LogP contribution < -0.4 is 0 Å². The van der Waals surface area contributed by atoms with Gasteiger partial charge in [0.1, 0.15) is 0 Å². The number of hydrogen-bond acceptors (Lipinski definition) is 4. The molecule has 0 aromatic heterocycles. The molecule has 0 aromatic carbocycles. The monoisotopic (exact) mass is 182 g/mol. The number of aliphatic hydroxyl groups excluding tert-OH is 3. The van der Waals surface area contributed by atoms with Gasteiger partial charge < -0.3 is 20.1 Å². The molecule has 0 fully saturated rings. The molecule has 0 radical (unpaired) electrons. The molecule has 0 rings (SSSR count). The lowest BCUT2D eigenvalue weighted by Gasteiger charge is -1.86. The predicted molar refractivity (Wildman–Crippen MR) is 49.1 cm³/mol. The lowest BCUT2D eigenvalue weighted by Crippen LogP contribution is -1.85. The number of aliphatic hydroxyl groups is 3. The van der Waals surface area contributed by atoms with Crippen LogP contribution in [0, 0.1) is 0 Å². The van der Waals surface area contributed by atoms with Gasteiger partial charge in [-0.2, -0.15) is 0 Å². The normalized spacial score (nSPS) is 7.50. The van der Waals surface area contributed by atoms with Crippen LogP contribution in [-0.2, 0) is 4.74 Å². The minimum absolute atomic E-state index is 0.125. The fourth-order valence-electron chi connectivity index (χ4n) is 0.204. The Bertz CT molecular complexity index is 38.0. The second-order valence-electron chi connectivity index (χ2n) is 1.54. The topological polar surface area (TPSA) is 69.9 Å². The molecule has 0 aliphatic carbocycles. The van der Waals surface area contributed by atoms with E-state index in [1.165, 1.54) is 0 Å². The maximum atomic E-state index is 7.62. The third kappa shape index (κ3) is 95.3. The molecule has 0 bridgehead atoms. The Morgan fingerprint density at radius 1 is 0.833 bits per heavy atom. The van der Waals surface area contributed by atoms with E-state index in [0.717, 1.165) is 13.2 Å². The quantitative estimate of drug-likeness (QED) is 0.575. The molecule has 0 aromatic rings. The van der Waals surface area contributed by atoms with Gasteiger partial charge in [0.05, 0.1) is 13.2 Å². The van der Waals surface area contributed by atoms with Crippen molar-refractivity contribution in [3.05, 3.63) is 0 Å². The first-order valence-electron chi connectivity index (χ1n) is 4.15. The van der Waals surface area contributed by atoms with Crippen molar-refractivity contribution in [2.45, 2.75) is 20.8 Å². The Morgan fingerprint density at radius 3 is 1.08 bits per heavy atom. The summed E-state index contributed by atoms with van der Waals surface area (Å²) in [5.74, 6) is 0. The minimum Gasteiger partial charge on any atom is -0.397 e. The molecule has 0 atom stereocenters. The molecular formula is C8H22O4. The Labute approximate surface area is 74.8 Å². The van der Waals surface area contributed by atoms with Gasteiger partial charge in [-0.05, 0) is 20.8 Å². The highest BCUT2D eigenvalue weighted by Crippen LogP contribution is 1.64. The highest BCUT2D eigenvalue weighted by atomic mass is 16.5. The van der Waals surface area contributed by atoms with Gasteiger partial charge >= 0.3 is 0 Å². The molecule has 12 heavy (non-hydrogen) atoms. The number of rotatable bonds is 3. The molecule has 0 aliphatic rings. The third-order valence-electron chi connectivity index (χ3n) is 0.508. The standard InChI is InChI=1S/C4H10O.C2H6O2.C2H6O/c1-3-5-4-2;3-1-2-4;1-2-3/h3-4H2,1-2H3;3-4H,1-2H2;3H,2H2,1H3. The van der Waals surface area contributed by atoms with E-state index in [4.69, 9.17) is 20.1 Å². The highest BCUT2D eigenvalue weighted by molar-refractivity contribution is 4.07. The summed E-state index contributed by atoms with van der Waals surface area (Å²) in [6.07, 6.45) is 0. The summed E-state index contributed by atoms with van der Waals surface area (Å²) in [6, 6.07) is 0. The maximum Gasteiger partial charge on any atom is 0.0662 e. The van der Waals surface area contributed by atoms with E-state index in [1.54, 1.807) is 6.92 Å². The van der Waals surface area contributed by atoms with Crippen LogP contribution in [0.4, 0.5) is 0 Å². The lowest BCUT2D eigenvalue weighted by atomic mass is 10.8. The molecule has 0 heterocycles. The van der Waals surface area contributed by atoms with Crippen LogP contribution in [0.15, 0.2) is 0 Å². The zero-order chi connectivity index (χ0) is 10.2. The molecule has 3 N–H and O–H groups in total. The third-order valence-corrected chi connectivity index (χ3v) is 0.508. The molecule has 4 heteroatoms. The van der Waals surface area contributed by atoms with E-state index in [1.807, 2.05) is 13.8 Å². The van der Waals surface area contributed by atoms with Crippen molar-refractivity contribution in [3.8, 4) is 0 Å². The fraction of sp³-hybridized carbons (Fsp3) is 1.00. The molecule has 78 valence electrons. The summed E-state index contributed by atoms with van der Waals surface area (Å²) >= 11 is 0. The van der Waals surface area contributed by atoms with E-state index in [0.29, 0.717) is 0 Å². The summed E-state index contributed by atoms with van der Waals surface area (Å²) in [5, 5.41) is 22.8. The molecule has 4 nitrogen and oxygen atoms in total. The van der Waals surface area contributed by atoms with Gasteiger partial charge in [0, 0.05) is 19.8 Å². The van der Waals surface area contributed by atoms with Gasteiger partial charge in [-0.15, -0.1) is 0 Å². The second kappa shape index (κ2) is 30.8. The molecule has 0 saturated heterocycles. The summed E-state index contributed by atoms with van der Waals surface area (Å²) in [7, 11) is 0. The molecular weight excluding hydrogens is 160 g/mol. The Morgan fingerprint density at radius 2 is 1.08 bits per heavy atom. The van der Waals surface area contributed by atoms with E-state index < -0.39 is 0 Å². The molecule has 0 aliphatic heterocycles. The van der Waals surface area contributed by atoms with E-state index in [9.17, 15) is 0 Å². The van der Waals surface area contributed by atoms with Gasteiger partial charge in [-0.1, -0.05) is 0 Å². The average molecular weight is 182 g/mol. The van der Waals surface area contributed by atoms with Crippen molar-refractivity contribution < 1.29 is 20.1 Å². The van der Waals surface area contributed by atoms with Gasteiger partial charge in [-0.3, -0.25) is 0 Å². The predicted octanol–water partition coefficient (Wildman–Crippen LogP) is 0.0124. The van der Waals surface area contributed by atoms with Crippen LogP contribution in [0.1, 0.15) is 20.8 Å². The van der Waals surface area contributed by atoms with Gasteiger partial charge in [0.15, 0.2) is 0 Å². The van der Waals surface area contributed by atoms with Crippen LogP contribution in [0.25, 0.3) is 0 Å². The number of hydrogen-bond donors (Lipinski definition) is 3. The SMILES string of the molecule is CCO.CCOCC.OCCO. The van der Waals surface area contributed by atoms with Crippen molar-refractivity contribution in [1.29, 1.82) is 0 Å². The van der Waals surface area contributed by atoms with Crippen LogP contribution in [-0.4, -0.2) is 48.4 Å². The first-order valence-corrected chi connectivity index (χ1v) is 4.15. The van der Waals surface area contributed by atoms with Gasteiger partial charge in [-0.25, -0.2) is 0 Å². The van der Waals surface area contributed by atoms with Gasteiger partial charge in [0.2, 0.25) is 0 Å². The van der Waals surface area contributed by atoms with Crippen molar-refractivity contribution in [3.63, 3.8) is 0 Å². The van der Waals surface area contributed by atoms with Crippen molar-refractivity contribution >= 4 is 0 Å². The Kier molecular flexibility index (Phi) is 45.7. The fourth-order valence-corrected chi connectivity index (χ4v) is 0.204. The van der Waals surface area contributed by atoms with Crippen molar-refractivity contribution in [2.75, 3.05) is 33.0 Å². The van der Waals surface area contributed by atoms with Crippen molar-refractivity contribution in [1.82, 2.24) is 0 Å². The maximum absolute atomic E-state index is 7.62. The summed E-state index contributed by atoms with van der Waals surface area (Å²) in [4.78, 5) is 0. The van der Waals surface area contributed by atoms with Crippen molar-refractivity contribution in [2.24, 2.45) is 0 Å². The Balaban J connectivity index is -0.000000105. The molecule has 0 saturated carbocycles. The summed E-state index contributed by atoms with van der Waals surface area (Å²) < 4.78 is 4.83. The molecule has 0 amide bonds. The first kappa shape index (κ1) is 17.8. The minimum atomic E-state index is -0.125. The highest BCUT2D eigenvalue weighted by Gasteiger charge is 1.64. The summed E-state index contributed by atoms with van der Waals surface area (Å²) in [6.45, 7) is 7.35. The van der Waals surface area contributed by atoms with E-state index >= 15 is 0 Å². The zero-order valence-electron chi connectivity index (χ0n) is 8.29. The van der Waals surface area contributed by atoms with Gasteiger partial charge in [0.25, 0.3) is 0 Å². The average Bonchev–Trinajstić information content (AvgIpc) is 2.08. The molecule has 0 spiro atoms.